The standard InChI is InChI=1S/C16H22N2O4S/c1-11(19)17-12(13-6-5-9-23-13)10-14(20)18-16(15(21)22)7-3-2-4-8-16/h5-6,9,12H,2-4,7-8,10H2,1H3,(H,17,19)(H,18,20)(H,21,22)/t12-/m0/s1. The number of amides is 2. The molecule has 1 heterocycles. The van der Waals surface area contributed by atoms with Gasteiger partial charge in [-0.25, -0.2) is 4.79 Å². The maximum atomic E-state index is 12.4. The molecule has 1 aromatic heterocycles. The molecule has 0 spiro atoms. The van der Waals surface area contributed by atoms with Crippen molar-refractivity contribution in [3.8, 4) is 0 Å². The SMILES string of the molecule is CC(=O)N[C@@H](CC(=O)NC1(C(=O)O)CCCCC1)c1cccs1. The van der Waals surface area contributed by atoms with Gasteiger partial charge in [0, 0.05) is 11.8 Å². The second-order valence-electron chi connectivity index (χ2n) is 5.97. The largest absolute Gasteiger partial charge is 0.480 e. The fourth-order valence-corrected chi connectivity index (χ4v) is 3.79. The number of hydrogen-bond donors (Lipinski definition) is 3. The highest BCUT2D eigenvalue weighted by atomic mass is 32.1. The minimum absolute atomic E-state index is 0.0368. The van der Waals surface area contributed by atoms with Crippen LogP contribution in [0.15, 0.2) is 17.5 Å². The number of thiophene rings is 1. The molecule has 0 unspecified atom stereocenters. The van der Waals surface area contributed by atoms with Crippen molar-refractivity contribution in [2.45, 2.75) is 57.0 Å². The first kappa shape index (κ1) is 17.5. The lowest BCUT2D eigenvalue weighted by atomic mass is 9.81. The number of rotatable bonds is 6. The third kappa shape index (κ3) is 4.54. The van der Waals surface area contributed by atoms with E-state index in [2.05, 4.69) is 10.6 Å². The van der Waals surface area contributed by atoms with E-state index < -0.39 is 17.6 Å². The van der Waals surface area contributed by atoms with Gasteiger partial charge in [0.25, 0.3) is 0 Å². The summed E-state index contributed by atoms with van der Waals surface area (Å²) in [6, 6.07) is 3.28. The molecule has 7 heteroatoms. The summed E-state index contributed by atoms with van der Waals surface area (Å²) in [6.45, 7) is 1.40. The van der Waals surface area contributed by atoms with Crippen LogP contribution in [0.3, 0.4) is 0 Å². The van der Waals surface area contributed by atoms with Gasteiger partial charge in [0.2, 0.25) is 11.8 Å². The molecule has 6 nitrogen and oxygen atoms in total. The first-order valence-corrected chi connectivity index (χ1v) is 8.66. The molecule has 23 heavy (non-hydrogen) atoms. The second kappa shape index (κ2) is 7.59. The van der Waals surface area contributed by atoms with Crippen molar-refractivity contribution in [1.29, 1.82) is 0 Å². The fraction of sp³-hybridized carbons (Fsp3) is 0.562. The van der Waals surface area contributed by atoms with Crippen LogP contribution in [0.4, 0.5) is 0 Å². The Morgan fingerprint density at radius 3 is 2.52 bits per heavy atom. The maximum Gasteiger partial charge on any atom is 0.329 e. The number of carboxylic acids is 1. The van der Waals surface area contributed by atoms with Crippen molar-refractivity contribution >= 4 is 29.1 Å². The smallest absolute Gasteiger partial charge is 0.329 e. The van der Waals surface area contributed by atoms with Crippen LogP contribution >= 0.6 is 11.3 Å². The molecule has 1 saturated carbocycles. The highest BCUT2D eigenvalue weighted by molar-refractivity contribution is 7.10. The van der Waals surface area contributed by atoms with Crippen LogP contribution in [0.1, 0.15) is 56.4 Å². The van der Waals surface area contributed by atoms with E-state index in [1.165, 1.54) is 18.3 Å². The number of carbonyl (C=O) groups excluding carboxylic acids is 2. The zero-order valence-corrected chi connectivity index (χ0v) is 13.9. The Bertz CT molecular complexity index is 565. The Labute approximate surface area is 139 Å². The summed E-state index contributed by atoms with van der Waals surface area (Å²) in [5, 5.41) is 16.9. The van der Waals surface area contributed by atoms with E-state index >= 15 is 0 Å². The molecular weight excluding hydrogens is 316 g/mol. The number of hydrogen-bond acceptors (Lipinski definition) is 4. The van der Waals surface area contributed by atoms with Gasteiger partial charge in [-0.1, -0.05) is 25.3 Å². The molecule has 0 bridgehead atoms. The normalized spacial score (nSPS) is 18.0. The van der Waals surface area contributed by atoms with Crippen LogP contribution in [0, 0.1) is 0 Å². The number of carboxylic acid groups (broad SMARTS) is 1. The average molecular weight is 338 g/mol. The molecule has 2 rings (SSSR count). The van der Waals surface area contributed by atoms with Gasteiger partial charge in [-0.3, -0.25) is 9.59 Å². The van der Waals surface area contributed by atoms with Crippen LogP contribution in [0.25, 0.3) is 0 Å². The van der Waals surface area contributed by atoms with Crippen molar-refractivity contribution in [1.82, 2.24) is 10.6 Å². The molecule has 0 aliphatic heterocycles. The molecule has 1 atom stereocenters. The highest BCUT2D eigenvalue weighted by Gasteiger charge is 2.41. The number of aliphatic carboxylic acids is 1. The number of nitrogens with one attached hydrogen (secondary N) is 2. The molecule has 3 N–H and O–H groups in total. The third-order valence-electron chi connectivity index (χ3n) is 4.15. The van der Waals surface area contributed by atoms with Crippen molar-refractivity contribution in [3.63, 3.8) is 0 Å². The Kier molecular flexibility index (Phi) is 5.76. The summed E-state index contributed by atoms with van der Waals surface area (Å²) in [5.74, 6) is -1.54. The quantitative estimate of drug-likeness (QED) is 0.741. The predicted molar refractivity (Wildman–Crippen MR) is 87.1 cm³/mol. The monoisotopic (exact) mass is 338 g/mol. The highest BCUT2D eigenvalue weighted by Crippen LogP contribution is 2.29. The summed E-state index contributed by atoms with van der Waals surface area (Å²) in [7, 11) is 0. The van der Waals surface area contributed by atoms with Crippen LogP contribution in [-0.2, 0) is 14.4 Å². The van der Waals surface area contributed by atoms with Crippen LogP contribution in [0.5, 0.6) is 0 Å². The van der Waals surface area contributed by atoms with Gasteiger partial charge in [-0.15, -0.1) is 11.3 Å². The summed E-state index contributed by atoms with van der Waals surface area (Å²) in [4.78, 5) is 36.2. The fourth-order valence-electron chi connectivity index (χ4n) is 3.01. The predicted octanol–water partition coefficient (Wildman–Crippen LogP) is 2.22. The molecule has 1 aromatic rings. The van der Waals surface area contributed by atoms with E-state index in [4.69, 9.17) is 0 Å². The average Bonchev–Trinajstić information content (AvgIpc) is 3.01. The Morgan fingerprint density at radius 1 is 1.30 bits per heavy atom. The zero-order chi connectivity index (χ0) is 16.9. The second-order valence-corrected chi connectivity index (χ2v) is 6.95. The molecule has 1 fully saturated rings. The van der Waals surface area contributed by atoms with Crippen LogP contribution in [-0.4, -0.2) is 28.4 Å². The van der Waals surface area contributed by atoms with Gasteiger partial charge < -0.3 is 15.7 Å². The molecule has 1 aliphatic rings. The molecule has 0 aromatic carbocycles. The molecule has 2 amide bonds. The van der Waals surface area contributed by atoms with Crippen molar-refractivity contribution in [3.05, 3.63) is 22.4 Å². The third-order valence-corrected chi connectivity index (χ3v) is 5.13. The summed E-state index contributed by atoms with van der Waals surface area (Å²) in [5.41, 5.74) is -1.16. The number of carbonyl (C=O) groups is 3. The lowest BCUT2D eigenvalue weighted by Crippen LogP contribution is -2.56. The molecule has 1 aliphatic carbocycles. The lowest BCUT2D eigenvalue weighted by molar-refractivity contribution is -0.149. The first-order valence-electron chi connectivity index (χ1n) is 7.78. The van der Waals surface area contributed by atoms with Crippen LogP contribution < -0.4 is 10.6 Å². The maximum absolute atomic E-state index is 12.4. The van der Waals surface area contributed by atoms with Gasteiger partial charge in [0.15, 0.2) is 0 Å². The minimum atomic E-state index is -1.16. The van der Waals surface area contributed by atoms with E-state index in [0.717, 1.165) is 24.1 Å². The van der Waals surface area contributed by atoms with Crippen molar-refractivity contribution in [2.75, 3.05) is 0 Å². The first-order chi connectivity index (χ1) is 10.9. The van der Waals surface area contributed by atoms with Gasteiger partial charge in [0.1, 0.15) is 5.54 Å². The van der Waals surface area contributed by atoms with Gasteiger partial charge in [-0.05, 0) is 24.3 Å². The molecule has 126 valence electrons. The topological polar surface area (TPSA) is 95.5 Å². The molecular formula is C16H22N2O4S. The summed E-state index contributed by atoms with van der Waals surface area (Å²) in [6.07, 6.45) is 3.54. The van der Waals surface area contributed by atoms with Gasteiger partial charge >= 0.3 is 5.97 Å². The van der Waals surface area contributed by atoms with E-state index in [0.29, 0.717) is 12.8 Å². The van der Waals surface area contributed by atoms with Gasteiger partial charge in [0.05, 0.1) is 12.5 Å². The summed E-state index contributed by atoms with van der Waals surface area (Å²) >= 11 is 1.46. The van der Waals surface area contributed by atoms with Crippen molar-refractivity contribution in [2.24, 2.45) is 0 Å². The van der Waals surface area contributed by atoms with E-state index in [1.807, 2.05) is 17.5 Å². The van der Waals surface area contributed by atoms with Crippen molar-refractivity contribution < 1.29 is 19.5 Å². The Hall–Kier alpha value is -1.89. The summed E-state index contributed by atoms with van der Waals surface area (Å²) < 4.78 is 0. The van der Waals surface area contributed by atoms with Crippen LogP contribution in [0.2, 0.25) is 0 Å². The lowest BCUT2D eigenvalue weighted by Gasteiger charge is -2.34. The van der Waals surface area contributed by atoms with E-state index in [1.54, 1.807) is 0 Å². The Balaban J connectivity index is 2.06. The molecule has 0 saturated heterocycles. The zero-order valence-electron chi connectivity index (χ0n) is 13.1. The molecule has 0 radical (unpaired) electrons. The van der Waals surface area contributed by atoms with Gasteiger partial charge in [-0.2, -0.15) is 0 Å². The van der Waals surface area contributed by atoms with E-state index in [-0.39, 0.29) is 18.2 Å². The van der Waals surface area contributed by atoms with E-state index in [9.17, 15) is 19.5 Å². The minimum Gasteiger partial charge on any atom is -0.480 e. The Morgan fingerprint density at radius 2 is 2.00 bits per heavy atom.